The van der Waals surface area contributed by atoms with Crippen molar-refractivity contribution in [2.75, 3.05) is 13.2 Å². The molecule has 2 aliphatic carbocycles. The highest BCUT2D eigenvalue weighted by molar-refractivity contribution is 5.84. The average Bonchev–Trinajstić information content (AvgIpc) is 3.13. The van der Waals surface area contributed by atoms with Crippen LogP contribution < -0.4 is 11.1 Å². The molecular formula is C16H30N2O2. The van der Waals surface area contributed by atoms with Crippen molar-refractivity contribution in [3.63, 3.8) is 0 Å². The van der Waals surface area contributed by atoms with Crippen LogP contribution in [0.1, 0.15) is 64.7 Å². The van der Waals surface area contributed by atoms with Crippen LogP contribution >= 0.6 is 0 Å². The van der Waals surface area contributed by atoms with Gasteiger partial charge >= 0.3 is 0 Å². The Hall–Kier alpha value is -0.610. The quantitative estimate of drug-likeness (QED) is 0.572. The number of nitrogens with one attached hydrogen (secondary N) is 1. The van der Waals surface area contributed by atoms with Gasteiger partial charge in [0.25, 0.3) is 0 Å². The molecule has 0 radical (unpaired) electrons. The average molecular weight is 282 g/mol. The predicted octanol–water partition coefficient (Wildman–Crippen LogP) is 2.36. The highest BCUT2D eigenvalue weighted by Gasteiger charge is 2.36. The van der Waals surface area contributed by atoms with Crippen LogP contribution in [-0.2, 0) is 9.53 Å². The smallest absolute Gasteiger partial charge is 0.237 e. The topological polar surface area (TPSA) is 64.3 Å². The second-order valence-electron chi connectivity index (χ2n) is 6.77. The first kappa shape index (κ1) is 15.8. The van der Waals surface area contributed by atoms with Gasteiger partial charge in [-0.1, -0.05) is 19.3 Å². The minimum atomic E-state index is -0.535. The van der Waals surface area contributed by atoms with E-state index >= 15 is 0 Å². The van der Waals surface area contributed by atoms with Crippen LogP contribution in [0.2, 0.25) is 0 Å². The van der Waals surface area contributed by atoms with E-state index in [1.807, 2.05) is 6.92 Å². The molecular weight excluding hydrogens is 252 g/mol. The lowest BCUT2D eigenvalue weighted by atomic mass is 9.83. The van der Waals surface area contributed by atoms with Gasteiger partial charge in [-0.2, -0.15) is 0 Å². The van der Waals surface area contributed by atoms with Gasteiger partial charge in [-0.05, 0) is 51.4 Å². The van der Waals surface area contributed by atoms with Crippen LogP contribution in [0.15, 0.2) is 0 Å². The maximum atomic E-state index is 11.6. The van der Waals surface area contributed by atoms with Gasteiger partial charge in [0.05, 0.1) is 5.54 Å². The van der Waals surface area contributed by atoms with Crippen molar-refractivity contribution < 1.29 is 9.53 Å². The number of rotatable bonds is 11. The molecule has 1 unspecified atom stereocenters. The van der Waals surface area contributed by atoms with Crippen molar-refractivity contribution in [2.24, 2.45) is 11.7 Å². The molecule has 0 spiro atoms. The van der Waals surface area contributed by atoms with Crippen LogP contribution in [-0.4, -0.2) is 30.7 Å². The third kappa shape index (κ3) is 5.06. The number of unbranched alkanes of at least 4 members (excludes halogenated alkanes) is 1. The molecule has 2 saturated carbocycles. The van der Waals surface area contributed by atoms with E-state index in [0.29, 0.717) is 6.04 Å². The molecule has 0 aromatic carbocycles. The van der Waals surface area contributed by atoms with E-state index in [0.717, 1.165) is 38.4 Å². The summed E-state index contributed by atoms with van der Waals surface area (Å²) in [6, 6.07) is 0.506. The summed E-state index contributed by atoms with van der Waals surface area (Å²) in [4.78, 5) is 11.6. The number of primary amides is 1. The van der Waals surface area contributed by atoms with Gasteiger partial charge in [-0.15, -0.1) is 0 Å². The molecule has 3 N–H and O–H groups in total. The van der Waals surface area contributed by atoms with Gasteiger partial charge in [-0.3, -0.25) is 4.79 Å². The fourth-order valence-corrected chi connectivity index (χ4v) is 2.76. The Morgan fingerprint density at radius 2 is 2.00 bits per heavy atom. The molecule has 2 rings (SSSR count). The zero-order valence-electron chi connectivity index (χ0n) is 12.8. The van der Waals surface area contributed by atoms with Crippen molar-refractivity contribution in [3.8, 4) is 0 Å². The molecule has 20 heavy (non-hydrogen) atoms. The van der Waals surface area contributed by atoms with E-state index in [4.69, 9.17) is 10.5 Å². The summed E-state index contributed by atoms with van der Waals surface area (Å²) in [5.74, 6) is 0.700. The lowest BCUT2D eigenvalue weighted by Crippen LogP contribution is -2.53. The second-order valence-corrected chi connectivity index (χ2v) is 6.77. The lowest BCUT2D eigenvalue weighted by molar-refractivity contribution is -0.124. The predicted molar refractivity (Wildman–Crippen MR) is 80.4 cm³/mol. The van der Waals surface area contributed by atoms with E-state index in [9.17, 15) is 4.79 Å². The Labute approximate surface area is 122 Å². The SMILES string of the molecule is CC(CCCCOCCC1CCC1)(NC1CC1)C(N)=O. The van der Waals surface area contributed by atoms with Gasteiger partial charge in [0.15, 0.2) is 0 Å². The Morgan fingerprint density at radius 1 is 1.25 bits per heavy atom. The Bertz CT molecular complexity index is 314. The number of amides is 1. The van der Waals surface area contributed by atoms with Gasteiger partial charge in [0, 0.05) is 19.3 Å². The molecule has 0 aromatic heterocycles. The maximum Gasteiger partial charge on any atom is 0.237 e. The normalized spacial score (nSPS) is 22.2. The molecule has 116 valence electrons. The molecule has 0 bridgehead atoms. The lowest BCUT2D eigenvalue weighted by Gasteiger charge is -2.27. The molecule has 0 aliphatic heterocycles. The van der Waals surface area contributed by atoms with Crippen LogP contribution in [0.3, 0.4) is 0 Å². The summed E-state index contributed by atoms with van der Waals surface area (Å²) >= 11 is 0. The summed E-state index contributed by atoms with van der Waals surface area (Å²) in [6.07, 6.45) is 10.6. The van der Waals surface area contributed by atoms with E-state index < -0.39 is 5.54 Å². The van der Waals surface area contributed by atoms with Crippen LogP contribution in [0, 0.1) is 5.92 Å². The summed E-state index contributed by atoms with van der Waals surface area (Å²) in [7, 11) is 0. The van der Waals surface area contributed by atoms with Crippen molar-refractivity contribution in [2.45, 2.75) is 76.3 Å². The second kappa shape index (κ2) is 7.41. The van der Waals surface area contributed by atoms with E-state index in [1.165, 1.54) is 38.5 Å². The molecule has 2 fully saturated rings. The molecule has 1 atom stereocenters. The molecule has 0 heterocycles. The third-order valence-electron chi connectivity index (χ3n) is 4.75. The van der Waals surface area contributed by atoms with Gasteiger partial charge < -0.3 is 15.8 Å². The Balaban J connectivity index is 1.50. The fourth-order valence-electron chi connectivity index (χ4n) is 2.76. The number of carbonyl (C=O) groups excluding carboxylic acids is 1. The zero-order valence-corrected chi connectivity index (χ0v) is 12.8. The highest BCUT2D eigenvalue weighted by Crippen LogP contribution is 2.29. The standard InChI is InChI=1S/C16H30N2O2/c1-16(15(17)19,18-14-7-8-14)10-2-3-11-20-12-9-13-5-4-6-13/h13-14,18H,2-12H2,1H3,(H2,17,19). The first-order valence-corrected chi connectivity index (χ1v) is 8.25. The maximum absolute atomic E-state index is 11.6. The summed E-state index contributed by atoms with van der Waals surface area (Å²) in [6.45, 7) is 3.65. The number of carbonyl (C=O) groups is 1. The largest absolute Gasteiger partial charge is 0.381 e. The van der Waals surface area contributed by atoms with Crippen molar-refractivity contribution in [1.82, 2.24) is 5.32 Å². The Kier molecular flexibility index (Phi) is 5.85. The zero-order chi connectivity index (χ0) is 14.4. The van der Waals surface area contributed by atoms with Crippen molar-refractivity contribution in [1.29, 1.82) is 0 Å². The van der Waals surface area contributed by atoms with Crippen molar-refractivity contribution in [3.05, 3.63) is 0 Å². The molecule has 0 saturated heterocycles. The Morgan fingerprint density at radius 3 is 2.55 bits per heavy atom. The first-order chi connectivity index (χ1) is 9.60. The highest BCUT2D eigenvalue weighted by atomic mass is 16.5. The number of hydrogen-bond donors (Lipinski definition) is 2. The minimum absolute atomic E-state index is 0.227. The number of hydrogen-bond acceptors (Lipinski definition) is 3. The van der Waals surface area contributed by atoms with E-state index in [-0.39, 0.29) is 5.91 Å². The van der Waals surface area contributed by atoms with E-state index in [2.05, 4.69) is 5.32 Å². The molecule has 1 amide bonds. The molecule has 4 heteroatoms. The minimum Gasteiger partial charge on any atom is -0.381 e. The summed E-state index contributed by atoms with van der Waals surface area (Å²) < 4.78 is 5.67. The molecule has 2 aliphatic rings. The first-order valence-electron chi connectivity index (χ1n) is 8.25. The third-order valence-corrected chi connectivity index (χ3v) is 4.75. The summed E-state index contributed by atoms with van der Waals surface area (Å²) in [5, 5.41) is 3.38. The molecule has 4 nitrogen and oxygen atoms in total. The number of nitrogens with two attached hydrogens (primary N) is 1. The number of ether oxygens (including phenoxy) is 1. The van der Waals surface area contributed by atoms with Crippen LogP contribution in [0.5, 0.6) is 0 Å². The van der Waals surface area contributed by atoms with Gasteiger partial charge in [0.1, 0.15) is 0 Å². The van der Waals surface area contributed by atoms with Crippen LogP contribution in [0.4, 0.5) is 0 Å². The van der Waals surface area contributed by atoms with Crippen molar-refractivity contribution >= 4 is 5.91 Å². The fraction of sp³-hybridized carbons (Fsp3) is 0.938. The monoisotopic (exact) mass is 282 g/mol. The van der Waals surface area contributed by atoms with Gasteiger partial charge in [-0.25, -0.2) is 0 Å². The van der Waals surface area contributed by atoms with Crippen LogP contribution in [0.25, 0.3) is 0 Å². The van der Waals surface area contributed by atoms with Gasteiger partial charge in [0.2, 0.25) is 5.91 Å². The van der Waals surface area contributed by atoms with E-state index in [1.54, 1.807) is 0 Å². The summed E-state index contributed by atoms with van der Waals surface area (Å²) in [5.41, 5.74) is 5.00. The molecule has 0 aromatic rings.